The van der Waals surface area contributed by atoms with Gasteiger partial charge in [0.2, 0.25) is 0 Å². The molecule has 0 aliphatic rings. The number of hydrogen-bond donors (Lipinski definition) is 0. The third kappa shape index (κ3) is 28.9. The van der Waals surface area contributed by atoms with Gasteiger partial charge in [-0.05, 0) is 159 Å². The number of aromatic nitrogens is 12. The Kier molecular flexibility index (Phi) is 35.6. The van der Waals surface area contributed by atoms with Gasteiger partial charge in [0, 0.05) is 139 Å². The SMILES string of the molecule is CCn1nc(-c2ccc(C(=O)N(C)C)cc2)cc1C(F)(F)F.CCn1nc(-c2ccc(C(=O)N(C)C)s2)cc1C(F)(F)F.CCn1nc(C(F)(F)F)cc1-c1ccc(C(=O)N(C)C)cc1.CCn1nc(C(F)(F)F)cc1-c1ccc(C(=O)N(C)C)s1.CN(C)C(=O)c1ccc(-c2cc(C(F)(F)F)nn2CC(F)(F)F)cc1.CN(C)C(=O)c1ccc(-c2cc(C(F)(F)F)nn2Cc2ccccc2)cc1. The van der Waals surface area contributed by atoms with E-state index >= 15 is 0 Å². The number of benzene rings is 5. The molecule has 0 spiro atoms. The molecule has 24 nitrogen and oxygen atoms in total. The first-order valence-electron chi connectivity index (χ1n) is 41.0. The lowest BCUT2D eigenvalue weighted by Crippen LogP contribution is -2.21. The molecule has 0 atom stereocenters. The number of nitrogens with zero attached hydrogens (tertiary/aromatic N) is 18. The van der Waals surface area contributed by atoms with Crippen LogP contribution in [0.3, 0.4) is 0 Å². The Hall–Kier alpha value is -13.9. The molecule has 0 aliphatic heterocycles. The number of rotatable bonds is 19. The van der Waals surface area contributed by atoms with E-state index in [1.165, 1.54) is 81.8 Å². The minimum Gasteiger partial charge on any atom is -0.345 e. The van der Waals surface area contributed by atoms with Gasteiger partial charge >= 0.3 is 43.2 Å². The summed E-state index contributed by atoms with van der Waals surface area (Å²) in [6.45, 7) is 6.10. The average molecular weight is 2000 g/mol. The molecular weight excluding hydrogens is 1900 g/mol. The van der Waals surface area contributed by atoms with Crippen molar-refractivity contribution in [3.63, 3.8) is 0 Å². The van der Waals surface area contributed by atoms with Crippen molar-refractivity contribution >= 4 is 58.1 Å². The number of halogens is 21. The standard InChI is InChI=1S/C20H18F3N3O.C15H13F6N3O.2C15H16F3N3O.2C13H14F3N3OS/c1-25(2)19(27)16-10-8-15(9-11-16)17-12-18(20(21,22)23)24-26(17)13-14-6-4-3-5-7-14;1-23(2)13(25)10-5-3-9(4-6-10)11-7-12(15(19,20)21)22-24(11)8-14(16,17)18;1-4-21-12(9-13(19-21)15(16,17)18)10-5-7-11(8-6-10)14(22)20(2)3;1-4-21-13(15(16,17)18)9-12(19-21)10-5-7-11(8-6-10)14(22)20(2)3;1-4-19-8(7-11(17-19)13(14,15)16)9-5-6-10(21-9)12(20)18(2)3;1-4-19-11(13(14,15)16)7-8(17-19)9-5-6-10(21-9)12(20)18(2)3/h3-12H,13H2,1-2H3;3-7H,8H2,1-2H3;2*5-9H,4H2,1-3H3;2*5-7H,4H2,1-3H3. The van der Waals surface area contributed by atoms with Gasteiger partial charge in [0.25, 0.3) is 35.4 Å². The fraction of sp³-hybridized carbons (Fsp3) is 0.319. The monoisotopic (exact) mass is 1990 g/mol. The van der Waals surface area contributed by atoms with Gasteiger partial charge in [0.05, 0.1) is 54.5 Å². The third-order valence-corrected chi connectivity index (χ3v) is 21.6. The Balaban J connectivity index is 0.000000204. The summed E-state index contributed by atoms with van der Waals surface area (Å²) in [6.07, 6.45) is -32.0. The first-order chi connectivity index (χ1) is 64.1. The topological polar surface area (TPSA) is 229 Å². The Labute approximate surface area is 784 Å². The predicted octanol–water partition coefficient (Wildman–Crippen LogP) is 21.4. The summed E-state index contributed by atoms with van der Waals surface area (Å²) in [5, 5.41) is 21.9. The number of alkyl halides is 21. The molecule has 5 aromatic carbocycles. The van der Waals surface area contributed by atoms with E-state index in [-0.39, 0.29) is 88.0 Å². The first kappa shape index (κ1) is 109. The molecule has 0 radical (unpaired) electrons. The summed E-state index contributed by atoms with van der Waals surface area (Å²) in [6, 6.07) is 45.8. The van der Waals surface area contributed by atoms with Gasteiger partial charge < -0.3 is 29.4 Å². The summed E-state index contributed by atoms with van der Waals surface area (Å²) >= 11 is 2.29. The molecule has 740 valence electrons. The number of carbonyl (C=O) groups is 6. The minimum absolute atomic E-state index is 0.0857. The van der Waals surface area contributed by atoms with E-state index in [1.807, 2.05) is 30.3 Å². The molecule has 0 saturated carbocycles. The van der Waals surface area contributed by atoms with Gasteiger partial charge in [0.15, 0.2) is 22.8 Å². The van der Waals surface area contributed by atoms with E-state index in [0.29, 0.717) is 89.1 Å². The molecule has 13 rings (SSSR count). The lowest BCUT2D eigenvalue weighted by Gasteiger charge is -2.12. The first-order valence-corrected chi connectivity index (χ1v) is 42.6. The zero-order valence-electron chi connectivity index (χ0n) is 76.4. The molecule has 47 heteroatoms. The van der Waals surface area contributed by atoms with Crippen LogP contribution in [0.25, 0.3) is 66.2 Å². The highest BCUT2D eigenvalue weighted by Crippen LogP contribution is 2.41. The summed E-state index contributed by atoms with van der Waals surface area (Å²) < 4.78 is 276. The normalized spacial score (nSPS) is 11.7. The van der Waals surface area contributed by atoms with Crippen LogP contribution in [-0.2, 0) is 76.3 Å². The van der Waals surface area contributed by atoms with Crippen LogP contribution in [-0.4, -0.2) is 214 Å². The molecule has 0 aliphatic carbocycles. The lowest BCUT2D eigenvalue weighted by atomic mass is 10.1. The number of carbonyl (C=O) groups excluding carboxylic acids is 6. The van der Waals surface area contributed by atoms with Gasteiger partial charge in [-0.15, -0.1) is 22.7 Å². The fourth-order valence-electron chi connectivity index (χ4n) is 12.6. The molecule has 0 saturated heterocycles. The van der Waals surface area contributed by atoms with E-state index in [4.69, 9.17) is 0 Å². The van der Waals surface area contributed by atoms with Crippen LogP contribution in [0.2, 0.25) is 0 Å². The van der Waals surface area contributed by atoms with Gasteiger partial charge in [-0.1, -0.05) is 78.9 Å². The zero-order valence-corrected chi connectivity index (χ0v) is 78.0. The second-order valence-electron chi connectivity index (χ2n) is 31.0. The molecule has 13 aromatic rings. The summed E-state index contributed by atoms with van der Waals surface area (Å²) in [4.78, 5) is 81.6. The van der Waals surface area contributed by atoms with E-state index in [2.05, 4.69) is 30.6 Å². The number of thiophene rings is 2. The van der Waals surface area contributed by atoms with E-state index in [0.717, 1.165) is 67.9 Å². The molecule has 0 bridgehead atoms. The van der Waals surface area contributed by atoms with Crippen molar-refractivity contribution in [2.24, 2.45) is 0 Å². The second-order valence-corrected chi connectivity index (χ2v) is 33.2. The van der Waals surface area contributed by atoms with Gasteiger partial charge in [-0.2, -0.15) is 123 Å². The summed E-state index contributed by atoms with van der Waals surface area (Å²) in [5.41, 5.74) is -0.275. The summed E-state index contributed by atoms with van der Waals surface area (Å²) in [5.74, 6) is -1.20. The van der Waals surface area contributed by atoms with Crippen molar-refractivity contribution in [1.29, 1.82) is 0 Å². The average Bonchev–Trinajstić information content (AvgIpc) is 1.66. The Morgan fingerprint density at radius 3 is 0.862 bits per heavy atom. The molecule has 0 fully saturated rings. The van der Waals surface area contributed by atoms with Crippen molar-refractivity contribution in [3.8, 4) is 66.2 Å². The van der Waals surface area contributed by atoms with E-state index in [1.54, 1.807) is 195 Å². The van der Waals surface area contributed by atoms with Crippen molar-refractivity contribution in [3.05, 3.63) is 260 Å². The number of hydrogen-bond acceptors (Lipinski definition) is 14. The van der Waals surface area contributed by atoms with Gasteiger partial charge in [0.1, 0.15) is 23.6 Å². The van der Waals surface area contributed by atoms with Crippen LogP contribution in [0.4, 0.5) is 92.2 Å². The minimum atomic E-state index is -4.87. The van der Waals surface area contributed by atoms with Crippen LogP contribution in [0.15, 0.2) is 188 Å². The highest BCUT2D eigenvalue weighted by Gasteiger charge is 2.42. The van der Waals surface area contributed by atoms with Crippen LogP contribution in [0, 0.1) is 0 Å². The molecule has 0 N–H and O–H groups in total. The van der Waals surface area contributed by atoms with Crippen LogP contribution in [0.5, 0.6) is 0 Å². The molecular formula is C91H91F21N18O6S2. The Morgan fingerprint density at radius 1 is 0.275 bits per heavy atom. The van der Waals surface area contributed by atoms with Crippen LogP contribution >= 0.6 is 22.7 Å². The van der Waals surface area contributed by atoms with Gasteiger partial charge in [-0.25, -0.2) is 0 Å². The fourth-order valence-corrected chi connectivity index (χ4v) is 14.6. The van der Waals surface area contributed by atoms with Gasteiger partial charge in [-0.3, -0.25) is 56.9 Å². The maximum Gasteiger partial charge on any atom is 0.435 e. The maximum atomic E-state index is 13.2. The summed E-state index contributed by atoms with van der Waals surface area (Å²) in [7, 11) is 19.3. The smallest absolute Gasteiger partial charge is 0.345 e. The van der Waals surface area contributed by atoms with Crippen molar-refractivity contribution in [2.45, 2.75) is 110 Å². The van der Waals surface area contributed by atoms with Crippen molar-refractivity contribution < 1.29 is 121 Å². The molecule has 8 aromatic heterocycles. The quantitative estimate of drug-likeness (QED) is 0.0689. The highest BCUT2D eigenvalue weighted by atomic mass is 32.1. The zero-order chi connectivity index (χ0) is 103. The largest absolute Gasteiger partial charge is 0.435 e. The van der Waals surface area contributed by atoms with Crippen LogP contribution in [0.1, 0.15) is 128 Å². The van der Waals surface area contributed by atoms with E-state index < -0.39 is 83.9 Å². The molecule has 0 unspecified atom stereocenters. The number of aryl methyl sites for hydroxylation is 4. The molecule has 138 heavy (non-hydrogen) atoms. The maximum absolute atomic E-state index is 13.2. The lowest BCUT2D eigenvalue weighted by molar-refractivity contribution is -0.148. The van der Waals surface area contributed by atoms with Crippen molar-refractivity contribution in [2.75, 3.05) is 84.6 Å². The Morgan fingerprint density at radius 2 is 0.551 bits per heavy atom. The highest BCUT2D eigenvalue weighted by molar-refractivity contribution is 7.17. The molecule has 6 amide bonds. The second kappa shape index (κ2) is 44.9. The predicted molar refractivity (Wildman–Crippen MR) is 474 cm³/mol. The van der Waals surface area contributed by atoms with Crippen molar-refractivity contribution in [1.82, 2.24) is 88.1 Å². The van der Waals surface area contributed by atoms with E-state index in [9.17, 15) is 121 Å². The third-order valence-electron chi connectivity index (χ3n) is 19.4. The molecule has 8 heterocycles. The van der Waals surface area contributed by atoms with Crippen LogP contribution < -0.4 is 0 Å². The Bertz CT molecular complexity index is 6300. The number of amides is 6.